The zero-order valence-electron chi connectivity index (χ0n) is 27.6. The molecule has 1 N–H and O–H groups in total. The number of aliphatic hydroxyl groups is 1. The molecular formula is C44H31IrN4O2-. The number of rotatable bonds is 5. The van der Waals surface area contributed by atoms with Gasteiger partial charge in [0.05, 0.1) is 52.9 Å². The van der Waals surface area contributed by atoms with Crippen molar-refractivity contribution in [1.29, 1.82) is 0 Å². The van der Waals surface area contributed by atoms with E-state index < -0.39 is 0 Å². The maximum absolute atomic E-state index is 9.38. The van der Waals surface area contributed by atoms with E-state index in [-0.39, 0.29) is 26.7 Å². The van der Waals surface area contributed by atoms with E-state index in [1.165, 1.54) is 0 Å². The van der Waals surface area contributed by atoms with Gasteiger partial charge in [-0.25, -0.2) is 9.97 Å². The van der Waals surface area contributed by atoms with Crippen LogP contribution in [0, 0.1) is 6.07 Å². The van der Waals surface area contributed by atoms with Gasteiger partial charge in [-0.1, -0.05) is 97.1 Å². The molecule has 0 fully saturated rings. The Balaban J connectivity index is 0.000000168. The number of aromatic nitrogens is 4. The van der Waals surface area contributed by atoms with Crippen molar-refractivity contribution in [2.75, 3.05) is 7.11 Å². The SMILES string of the molecule is COc1c[c-]c(-c2nc3cc4ccccc4cc3nc2-c2ccc(CO)cc2)cc1.[Ir].c1ccc2nc(-c3ccc4ccccc4n3)ccc2c1. The van der Waals surface area contributed by atoms with Crippen molar-refractivity contribution in [3.63, 3.8) is 0 Å². The quantitative estimate of drug-likeness (QED) is 0.137. The summed E-state index contributed by atoms with van der Waals surface area (Å²) in [4.78, 5) is 19.4. The summed E-state index contributed by atoms with van der Waals surface area (Å²) in [5.74, 6) is 0.743. The molecule has 6 aromatic carbocycles. The van der Waals surface area contributed by atoms with E-state index in [1.54, 1.807) is 13.2 Å². The second kappa shape index (κ2) is 15.0. The van der Waals surface area contributed by atoms with Crippen LogP contribution in [0.2, 0.25) is 0 Å². The van der Waals surface area contributed by atoms with Crippen molar-refractivity contribution in [3.8, 4) is 39.7 Å². The van der Waals surface area contributed by atoms with Crippen LogP contribution in [0.1, 0.15) is 5.56 Å². The molecule has 3 heterocycles. The molecule has 0 bridgehead atoms. The third-order valence-electron chi connectivity index (χ3n) is 8.68. The van der Waals surface area contributed by atoms with Crippen molar-refractivity contribution in [3.05, 3.63) is 163 Å². The monoisotopic (exact) mass is 840 g/mol. The van der Waals surface area contributed by atoms with Crippen LogP contribution < -0.4 is 4.74 Å². The molecule has 3 aromatic heterocycles. The third kappa shape index (κ3) is 7.09. The number of para-hydroxylation sites is 2. The zero-order chi connectivity index (χ0) is 33.9. The van der Waals surface area contributed by atoms with Crippen molar-refractivity contribution < 1.29 is 29.9 Å². The van der Waals surface area contributed by atoms with E-state index >= 15 is 0 Å². The molecule has 1 radical (unpaired) electrons. The molecule has 0 saturated carbocycles. The third-order valence-corrected chi connectivity index (χ3v) is 8.68. The Morgan fingerprint density at radius 3 is 1.57 bits per heavy atom. The predicted molar refractivity (Wildman–Crippen MR) is 202 cm³/mol. The molecule has 0 unspecified atom stereocenters. The summed E-state index contributed by atoms with van der Waals surface area (Å²) in [5.41, 5.74) is 9.69. The first kappa shape index (κ1) is 33.6. The number of benzene rings is 6. The van der Waals surface area contributed by atoms with Crippen LogP contribution in [-0.4, -0.2) is 32.2 Å². The minimum Gasteiger partial charge on any atom is -0.540 e. The summed E-state index contributed by atoms with van der Waals surface area (Å²) in [6, 6.07) is 53.5. The molecule has 249 valence electrons. The Morgan fingerprint density at radius 2 is 1.06 bits per heavy atom. The van der Waals surface area contributed by atoms with Gasteiger partial charge in [-0.2, -0.15) is 0 Å². The Bertz CT molecular complexity index is 2440. The molecule has 0 aliphatic carbocycles. The van der Waals surface area contributed by atoms with Gasteiger partial charge in [0.25, 0.3) is 0 Å². The van der Waals surface area contributed by atoms with Gasteiger partial charge in [-0.05, 0) is 58.3 Å². The van der Waals surface area contributed by atoms with Gasteiger partial charge in [0.15, 0.2) is 0 Å². The van der Waals surface area contributed by atoms with Gasteiger partial charge in [0.2, 0.25) is 0 Å². The molecule has 0 aliphatic rings. The molecule has 6 nitrogen and oxygen atoms in total. The maximum atomic E-state index is 9.38. The van der Waals surface area contributed by atoms with Gasteiger partial charge < -0.3 is 9.84 Å². The number of fused-ring (bicyclic) bond motifs is 4. The van der Waals surface area contributed by atoms with Gasteiger partial charge in [0, 0.05) is 42.3 Å². The van der Waals surface area contributed by atoms with Crippen LogP contribution in [0.15, 0.2) is 152 Å². The van der Waals surface area contributed by atoms with Crippen molar-refractivity contribution in [2.24, 2.45) is 0 Å². The summed E-state index contributed by atoms with van der Waals surface area (Å²) in [7, 11) is 1.64. The average molecular weight is 840 g/mol. The Labute approximate surface area is 308 Å². The smallest absolute Gasteiger partial charge is 0.0894 e. The fourth-order valence-electron chi connectivity index (χ4n) is 6.00. The molecule has 0 atom stereocenters. The minimum absolute atomic E-state index is 0. The molecule has 51 heavy (non-hydrogen) atoms. The Hall–Kier alpha value is -5.85. The molecule has 0 amide bonds. The number of pyridine rings is 2. The molecule has 0 aliphatic heterocycles. The van der Waals surface area contributed by atoms with Crippen LogP contribution >= 0.6 is 0 Å². The molecule has 7 heteroatoms. The van der Waals surface area contributed by atoms with Crippen molar-refractivity contribution in [2.45, 2.75) is 6.61 Å². The number of methoxy groups -OCH3 is 1. The van der Waals surface area contributed by atoms with Gasteiger partial charge >= 0.3 is 0 Å². The van der Waals surface area contributed by atoms with E-state index in [0.29, 0.717) is 0 Å². The topological polar surface area (TPSA) is 81.0 Å². The molecule has 0 saturated heterocycles. The fourth-order valence-corrected chi connectivity index (χ4v) is 6.00. The van der Waals surface area contributed by atoms with Crippen molar-refractivity contribution in [1.82, 2.24) is 19.9 Å². The van der Waals surface area contributed by atoms with Crippen molar-refractivity contribution >= 4 is 43.6 Å². The largest absolute Gasteiger partial charge is 0.540 e. The van der Waals surface area contributed by atoms with Crippen LogP contribution in [0.5, 0.6) is 5.75 Å². The summed E-state index contributed by atoms with van der Waals surface area (Å²) in [6.45, 7) is 0.00871. The Morgan fingerprint density at radius 1 is 0.529 bits per heavy atom. The number of nitrogens with zero attached hydrogens (tertiary/aromatic N) is 4. The Kier molecular flexibility index (Phi) is 9.86. The van der Waals surface area contributed by atoms with Crippen LogP contribution in [0.4, 0.5) is 0 Å². The predicted octanol–water partition coefficient (Wildman–Crippen LogP) is 9.87. The zero-order valence-corrected chi connectivity index (χ0v) is 30.0. The van der Waals surface area contributed by atoms with E-state index in [1.807, 2.05) is 97.1 Å². The first-order chi connectivity index (χ1) is 24.6. The van der Waals surface area contributed by atoms with Gasteiger partial charge in [0.1, 0.15) is 0 Å². The second-order valence-electron chi connectivity index (χ2n) is 11.9. The second-order valence-corrected chi connectivity index (χ2v) is 11.9. The summed E-state index contributed by atoms with van der Waals surface area (Å²) in [5, 5.41) is 13.9. The van der Waals surface area contributed by atoms with Crippen LogP contribution in [-0.2, 0) is 26.7 Å². The van der Waals surface area contributed by atoms with E-state index in [9.17, 15) is 5.11 Å². The van der Waals surface area contributed by atoms with Gasteiger partial charge in [-0.3, -0.25) is 9.97 Å². The summed E-state index contributed by atoms with van der Waals surface area (Å²) in [6.07, 6.45) is 0. The van der Waals surface area contributed by atoms with Crippen LogP contribution in [0.25, 0.3) is 77.5 Å². The van der Waals surface area contributed by atoms with Crippen LogP contribution in [0.3, 0.4) is 0 Å². The minimum atomic E-state index is 0. The molecule has 0 spiro atoms. The number of aliphatic hydroxyl groups excluding tert-OH is 1. The summed E-state index contributed by atoms with van der Waals surface area (Å²) >= 11 is 0. The van der Waals surface area contributed by atoms with Gasteiger partial charge in [-0.15, -0.1) is 29.8 Å². The van der Waals surface area contributed by atoms with E-state index in [0.717, 1.165) is 88.8 Å². The normalized spacial score (nSPS) is 10.9. The van der Waals surface area contributed by atoms with E-state index in [2.05, 4.69) is 64.6 Å². The molecule has 9 aromatic rings. The molecule has 9 rings (SSSR count). The number of hydrogen-bond acceptors (Lipinski definition) is 6. The van der Waals surface area contributed by atoms with E-state index in [4.69, 9.17) is 14.7 Å². The number of ether oxygens (including phenoxy) is 1. The standard InChI is InChI=1S/C26H19N2O2.C18H12N2.Ir/c1-30-22-12-10-19(11-13-22)26-25(18-8-6-17(16-29)7-9-18)27-23-14-20-4-2-3-5-21(20)15-24(23)28-26;1-3-7-15-13(5-1)9-11-17(19-15)18-12-10-14-6-2-4-8-16(14)20-18;/h2-10,12-15,29H,16H2,1H3;1-12H;/q-1;;. The number of hydrogen-bond donors (Lipinski definition) is 1. The summed E-state index contributed by atoms with van der Waals surface area (Å²) < 4.78 is 5.27. The first-order valence-corrected chi connectivity index (χ1v) is 16.3. The average Bonchev–Trinajstić information content (AvgIpc) is 3.19. The first-order valence-electron chi connectivity index (χ1n) is 16.3. The maximum Gasteiger partial charge on any atom is 0.0894 e. The fraction of sp³-hybridized carbons (Fsp3) is 0.0455. The molecular weight excluding hydrogens is 809 g/mol.